The lowest BCUT2D eigenvalue weighted by Crippen LogP contribution is -2.51. The second-order valence-electron chi connectivity index (χ2n) is 16.2. The Balaban J connectivity index is 1.08. The molecule has 0 amide bonds. The number of rotatable bonds is 9. The van der Waals surface area contributed by atoms with Crippen LogP contribution in [-0.4, -0.2) is 22.7 Å². The summed E-state index contributed by atoms with van der Waals surface area (Å²) < 4.78 is 8.25. The number of hydrogen-bond donors (Lipinski definition) is 1. The maximum absolute atomic E-state index is 13.2. The Kier molecular flexibility index (Phi) is 8.65. The molecule has 0 aliphatic heterocycles. The Morgan fingerprint density at radius 1 is 1.05 bits per heavy atom. The van der Waals surface area contributed by atoms with Crippen molar-refractivity contribution < 1.29 is 9.53 Å². The Labute approximate surface area is 261 Å². The first-order valence-electron chi connectivity index (χ1n) is 17.7. The summed E-state index contributed by atoms with van der Waals surface area (Å²) in [4.78, 5) is 13.2. The summed E-state index contributed by atoms with van der Waals surface area (Å²) >= 11 is 0. The fourth-order valence-corrected chi connectivity index (χ4v) is 10.9. The second-order valence-corrected chi connectivity index (χ2v) is 16.2. The number of aromatic nitrogens is 1. The Bertz CT molecular complexity index is 1340. The third-order valence-corrected chi connectivity index (χ3v) is 13.3. The highest BCUT2D eigenvalue weighted by Gasteiger charge is 2.59. The van der Waals surface area contributed by atoms with E-state index in [-0.39, 0.29) is 17.5 Å². The van der Waals surface area contributed by atoms with Crippen molar-refractivity contribution in [3.05, 3.63) is 47.7 Å². The van der Waals surface area contributed by atoms with Crippen LogP contribution in [0, 0.1) is 46.3 Å². The van der Waals surface area contributed by atoms with Gasteiger partial charge in [0.05, 0.1) is 0 Å². The third kappa shape index (κ3) is 5.64. The molecule has 4 aliphatic carbocycles. The van der Waals surface area contributed by atoms with Gasteiger partial charge in [-0.25, -0.2) is 0 Å². The van der Waals surface area contributed by atoms with Gasteiger partial charge in [-0.15, -0.1) is 0 Å². The molecule has 2 aromatic rings. The molecule has 1 heterocycles. The minimum absolute atomic E-state index is 0.0432. The van der Waals surface area contributed by atoms with Crippen LogP contribution in [0.1, 0.15) is 111 Å². The van der Waals surface area contributed by atoms with E-state index >= 15 is 0 Å². The number of carbonyl (C=O) groups excluding carboxylic acids is 1. The second kappa shape index (κ2) is 12.0. The molecule has 1 aromatic heterocycles. The van der Waals surface area contributed by atoms with E-state index < -0.39 is 6.04 Å². The average molecular weight is 587 g/mol. The molecule has 236 valence electrons. The zero-order valence-corrected chi connectivity index (χ0v) is 27.9. The van der Waals surface area contributed by atoms with E-state index in [9.17, 15) is 4.79 Å². The average Bonchev–Trinajstić information content (AvgIpc) is 3.49. The summed E-state index contributed by atoms with van der Waals surface area (Å²) in [6.45, 7) is 12.5. The topological polar surface area (TPSA) is 57.2 Å². The van der Waals surface area contributed by atoms with E-state index in [0.717, 1.165) is 60.3 Å². The molecule has 1 unspecified atom stereocenters. The van der Waals surface area contributed by atoms with Gasteiger partial charge in [0.25, 0.3) is 0 Å². The van der Waals surface area contributed by atoms with Gasteiger partial charge in [0, 0.05) is 37.0 Å². The first-order valence-corrected chi connectivity index (χ1v) is 17.7. The van der Waals surface area contributed by atoms with Crippen LogP contribution in [0.2, 0.25) is 0 Å². The van der Waals surface area contributed by atoms with Crippen LogP contribution in [0.3, 0.4) is 0 Å². The summed E-state index contributed by atoms with van der Waals surface area (Å²) in [5, 5.41) is 1.17. The van der Waals surface area contributed by atoms with E-state index in [2.05, 4.69) is 63.6 Å². The van der Waals surface area contributed by atoms with Crippen molar-refractivity contribution in [1.82, 2.24) is 4.57 Å². The summed E-state index contributed by atoms with van der Waals surface area (Å²) in [6, 6.07) is 7.68. The van der Waals surface area contributed by atoms with E-state index in [1.54, 1.807) is 5.57 Å². The first-order chi connectivity index (χ1) is 20.5. The highest BCUT2D eigenvalue weighted by atomic mass is 16.5. The van der Waals surface area contributed by atoms with Crippen LogP contribution in [-0.2, 0) is 23.0 Å². The smallest absolute Gasteiger partial charge is 0.323 e. The molecule has 4 heteroatoms. The fourth-order valence-electron chi connectivity index (χ4n) is 10.9. The highest BCUT2D eigenvalue weighted by Crippen LogP contribution is 2.67. The SMILES string of the molecule is CC(C)CCCC(C)[C@H]1CC[C@H]2[C@@H]3CC=C4C[C@@H](OC(=O)[C@H](N)Cc5cn(C)c6ccccc56)CC[C@]4(C)[C@H]3CC[C@]12C. The van der Waals surface area contributed by atoms with E-state index in [1.807, 2.05) is 19.2 Å². The molecule has 0 spiro atoms. The fraction of sp³-hybridized carbons (Fsp3) is 0.718. The van der Waals surface area contributed by atoms with Crippen molar-refractivity contribution >= 4 is 16.9 Å². The molecule has 6 rings (SSSR count). The van der Waals surface area contributed by atoms with Gasteiger partial charge in [0.15, 0.2) is 0 Å². The van der Waals surface area contributed by atoms with Crippen molar-refractivity contribution in [3.8, 4) is 0 Å². The Hall–Kier alpha value is -2.07. The number of hydrogen-bond acceptors (Lipinski definition) is 3. The molecule has 3 fully saturated rings. The normalized spacial score (nSPS) is 35.2. The highest BCUT2D eigenvalue weighted by molar-refractivity contribution is 5.85. The van der Waals surface area contributed by atoms with Crippen molar-refractivity contribution in [1.29, 1.82) is 0 Å². The van der Waals surface area contributed by atoms with Gasteiger partial charge in [-0.05, 0) is 103 Å². The standard InChI is InChI=1S/C39H58N2O2/c1-25(2)10-9-11-26(3)32-16-17-33-31-15-14-28-23-29(18-20-38(28,4)34(31)19-21-39(32,33)5)43-37(42)35(40)22-27-24-41(6)36-13-8-7-12-30(27)36/h7-8,12-14,24-26,29,31-35H,9-11,15-23,40H2,1-6H3/t26?,29-,31-,32+,33-,34-,35+,38-,39+/m0/s1. The van der Waals surface area contributed by atoms with Crippen LogP contribution < -0.4 is 5.73 Å². The van der Waals surface area contributed by atoms with Crippen LogP contribution in [0.25, 0.3) is 10.9 Å². The molecule has 0 radical (unpaired) electrons. The maximum Gasteiger partial charge on any atom is 0.323 e. The van der Waals surface area contributed by atoms with Gasteiger partial charge < -0.3 is 15.0 Å². The van der Waals surface area contributed by atoms with Gasteiger partial charge in [-0.3, -0.25) is 4.79 Å². The van der Waals surface area contributed by atoms with E-state index in [0.29, 0.717) is 11.8 Å². The van der Waals surface area contributed by atoms with Gasteiger partial charge in [-0.2, -0.15) is 0 Å². The maximum atomic E-state index is 13.2. The van der Waals surface area contributed by atoms with Crippen molar-refractivity contribution in [2.24, 2.45) is 59.1 Å². The van der Waals surface area contributed by atoms with Crippen molar-refractivity contribution in [2.45, 2.75) is 124 Å². The molecular weight excluding hydrogens is 528 g/mol. The molecule has 43 heavy (non-hydrogen) atoms. The number of fused-ring (bicyclic) bond motifs is 6. The van der Waals surface area contributed by atoms with Crippen LogP contribution in [0.4, 0.5) is 0 Å². The summed E-state index contributed by atoms with van der Waals surface area (Å²) in [6.07, 6.45) is 19.2. The molecule has 0 saturated heterocycles. The zero-order chi connectivity index (χ0) is 30.5. The van der Waals surface area contributed by atoms with Gasteiger partial charge in [0.2, 0.25) is 0 Å². The minimum atomic E-state index is -0.636. The van der Waals surface area contributed by atoms with Crippen LogP contribution in [0.5, 0.6) is 0 Å². The van der Waals surface area contributed by atoms with E-state index in [4.69, 9.17) is 10.5 Å². The molecule has 0 bridgehead atoms. The predicted molar refractivity (Wildman–Crippen MR) is 178 cm³/mol. The number of nitrogens with two attached hydrogens (primary N) is 1. The molecule has 4 aliphatic rings. The molecule has 3 saturated carbocycles. The number of benzene rings is 1. The van der Waals surface area contributed by atoms with Gasteiger partial charge in [-0.1, -0.05) is 83.7 Å². The van der Waals surface area contributed by atoms with Crippen LogP contribution in [0.15, 0.2) is 42.1 Å². The molecular formula is C39H58N2O2. The lowest BCUT2D eigenvalue weighted by molar-refractivity contribution is -0.153. The van der Waals surface area contributed by atoms with E-state index in [1.165, 1.54) is 62.3 Å². The summed E-state index contributed by atoms with van der Waals surface area (Å²) in [5.41, 5.74) is 11.1. The largest absolute Gasteiger partial charge is 0.461 e. The number of aryl methyl sites for hydroxylation is 1. The number of para-hydroxylation sites is 1. The lowest BCUT2D eigenvalue weighted by Gasteiger charge is -2.58. The predicted octanol–water partition coefficient (Wildman–Crippen LogP) is 9.00. The summed E-state index contributed by atoms with van der Waals surface area (Å²) in [7, 11) is 2.05. The zero-order valence-electron chi connectivity index (χ0n) is 27.9. The first kappa shape index (κ1) is 30.9. The number of ether oxygens (including phenoxy) is 1. The van der Waals surface area contributed by atoms with Crippen molar-refractivity contribution in [2.75, 3.05) is 0 Å². The molecule has 2 N–H and O–H groups in total. The molecule has 4 nitrogen and oxygen atoms in total. The minimum Gasteiger partial charge on any atom is -0.461 e. The van der Waals surface area contributed by atoms with Gasteiger partial charge >= 0.3 is 5.97 Å². The number of carbonyl (C=O) groups is 1. The quantitative estimate of drug-likeness (QED) is 0.236. The molecule has 9 atom stereocenters. The number of allylic oxidation sites excluding steroid dienone is 1. The summed E-state index contributed by atoms with van der Waals surface area (Å²) in [5.74, 6) is 4.82. The van der Waals surface area contributed by atoms with Gasteiger partial charge in [0.1, 0.15) is 12.1 Å². The lowest BCUT2D eigenvalue weighted by atomic mass is 9.47. The van der Waals surface area contributed by atoms with Crippen molar-refractivity contribution in [3.63, 3.8) is 0 Å². The number of esters is 1. The molecule has 1 aromatic carbocycles. The Morgan fingerprint density at radius 2 is 1.84 bits per heavy atom. The third-order valence-electron chi connectivity index (χ3n) is 13.3. The monoisotopic (exact) mass is 586 g/mol. The van der Waals surface area contributed by atoms with Crippen LogP contribution >= 0.6 is 0 Å². The number of nitrogens with zero attached hydrogens (tertiary/aromatic N) is 1. The Morgan fingerprint density at radius 3 is 2.63 bits per heavy atom.